The van der Waals surface area contributed by atoms with Gasteiger partial charge in [0.1, 0.15) is 0 Å². The fourth-order valence-corrected chi connectivity index (χ4v) is 0.672. The number of nitrogens with zero attached hydrogens (tertiary/aromatic N) is 1. The van der Waals surface area contributed by atoms with Crippen LogP contribution in [0.1, 0.15) is 19.4 Å². The Kier molecular flexibility index (Phi) is 0.894. The fourth-order valence-electron chi connectivity index (χ4n) is 0.672. The van der Waals surface area contributed by atoms with Crippen LogP contribution in [-0.2, 0) is 0 Å². The van der Waals surface area contributed by atoms with E-state index in [1.54, 1.807) is 0 Å². The summed E-state index contributed by atoms with van der Waals surface area (Å²) in [7, 11) is -2.08. The zero-order valence-electron chi connectivity index (χ0n) is 11.6. The summed E-state index contributed by atoms with van der Waals surface area (Å²) < 4.78 is 43.4. The van der Waals surface area contributed by atoms with Gasteiger partial charge in [-0.25, -0.2) is 0 Å². The third-order valence-electron chi connectivity index (χ3n) is 1.25. The molecule has 11 heavy (non-hydrogen) atoms. The van der Waals surface area contributed by atoms with Gasteiger partial charge in [-0.2, -0.15) is 0 Å². The van der Waals surface area contributed by atoms with Crippen molar-refractivity contribution in [2.45, 2.75) is 13.7 Å². The van der Waals surface area contributed by atoms with Gasteiger partial charge in [-0.3, -0.25) is 4.98 Å². The molecule has 0 aliphatic rings. The van der Waals surface area contributed by atoms with Crippen molar-refractivity contribution in [2.75, 3.05) is 0 Å². The summed E-state index contributed by atoms with van der Waals surface area (Å²) >= 11 is 0. The minimum Gasteiger partial charge on any atom is -0.423 e. The normalized spacial score (nSPS) is 20.2. The molecule has 4 heteroatoms. The van der Waals surface area contributed by atoms with E-state index < -0.39 is 37.4 Å². The van der Waals surface area contributed by atoms with E-state index in [4.69, 9.17) is 18.3 Å². The number of pyridine rings is 1. The molecular weight excluding hydrogens is 141 g/mol. The molecule has 0 bridgehead atoms. The lowest BCUT2D eigenvalue weighted by molar-refractivity contribution is 0.425. The predicted molar refractivity (Wildman–Crippen MR) is 43.5 cm³/mol. The highest BCUT2D eigenvalue weighted by Crippen LogP contribution is 1.99. The minimum atomic E-state index is -2.76. The molecule has 2 N–H and O–H groups in total. The maximum absolute atomic E-state index is 9.04. The summed E-state index contributed by atoms with van der Waals surface area (Å²) in [6, 6.07) is 0. The number of rotatable bonds is 1. The first-order chi connectivity index (χ1) is 7.55. The van der Waals surface area contributed by atoms with Crippen LogP contribution in [0.5, 0.6) is 0 Å². The van der Waals surface area contributed by atoms with Gasteiger partial charge in [0, 0.05) is 26.1 Å². The largest absolute Gasteiger partial charge is 0.490 e. The molecule has 1 heterocycles. The van der Waals surface area contributed by atoms with E-state index in [1.807, 2.05) is 0 Å². The van der Waals surface area contributed by atoms with Crippen LogP contribution >= 0.6 is 0 Å². The second-order valence-corrected chi connectivity index (χ2v) is 2.02. The van der Waals surface area contributed by atoms with E-state index in [0.29, 0.717) is 0 Å². The number of aromatic nitrogens is 1. The molecule has 0 radical (unpaired) electrons. The average Bonchev–Trinajstić information content (AvgIpc) is 2.13. The van der Waals surface area contributed by atoms with Gasteiger partial charge >= 0.3 is 7.12 Å². The van der Waals surface area contributed by atoms with E-state index in [2.05, 4.69) is 4.98 Å². The first kappa shape index (κ1) is 3.25. The smallest absolute Gasteiger partial charge is 0.423 e. The monoisotopic (exact) mass is 157 g/mol. The van der Waals surface area contributed by atoms with Gasteiger partial charge in [0.05, 0.1) is 0 Å². The quantitative estimate of drug-likeness (QED) is 0.534. The molecule has 0 saturated heterocycles. The number of aryl methyl sites for hydroxylation is 1. The van der Waals surface area contributed by atoms with Gasteiger partial charge in [0.25, 0.3) is 0 Å². The first-order valence-corrected chi connectivity index (χ1v) is 2.90. The van der Waals surface area contributed by atoms with E-state index in [9.17, 15) is 0 Å². The molecule has 0 aromatic carbocycles. The Labute approximate surface area is 74.3 Å². The minimum absolute atomic E-state index is 0.418. The van der Waals surface area contributed by atoms with Crippen LogP contribution in [0, 0.1) is 13.7 Å². The van der Waals surface area contributed by atoms with E-state index in [-0.39, 0.29) is 0 Å². The molecule has 0 unspecified atom stereocenters. The second-order valence-electron chi connectivity index (χ2n) is 2.02. The van der Waals surface area contributed by atoms with Crippen molar-refractivity contribution in [3.05, 3.63) is 23.5 Å². The summed E-state index contributed by atoms with van der Waals surface area (Å²) in [4.78, 5) is 3.52. The Morgan fingerprint density at radius 2 is 2.27 bits per heavy atom. The van der Waals surface area contributed by atoms with Gasteiger partial charge in [-0.1, -0.05) is 0 Å². The summed E-state index contributed by atoms with van der Waals surface area (Å²) in [5.74, 6) is 0. The molecule has 0 fully saturated rings. The van der Waals surface area contributed by atoms with Crippen molar-refractivity contribution in [3.8, 4) is 0 Å². The van der Waals surface area contributed by atoms with Crippen LogP contribution in [0.2, 0.25) is 0 Å². The molecule has 3 nitrogen and oxygen atoms in total. The molecule has 1 rings (SSSR count). The van der Waals surface area contributed by atoms with Gasteiger partial charge in [-0.05, 0) is 24.8 Å². The number of hydrogen-bond donors (Lipinski definition) is 2. The molecule has 1 aromatic heterocycles. The zero-order valence-corrected chi connectivity index (χ0v) is 5.57. The van der Waals surface area contributed by atoms with Gasteiger partial charge < -0.3 is 10.0 Å². The lowest BCUT2D eigenvalue weighted by Gasteiger charge is -2.05. The second kappa shape index (κ2) is 3.03. The van der Waals surface area contributed by atoms with Crippen LogP contribution in [-0.4, -0.2) is 22.2 Å². The topological polar surface area (TPSA) is 53.4 Å². The van der Waals surface area contributed by atoms with Crippen LogP contribution < -0.4 is 5.46 Å². The van der Waals surface area contributed by atoms with Gasteiger partial charge in [0.2, 0.25) is 0 Å². The summed E-state index contributed by atoms with van der Waals surface area (Å²) in [5, 5.41) is 18.1. The van der Waals surface area contributed by atoms with E-state index in [1.165, 1.54) is 0 Å². The Hall–Kier alpha value is -0.865. The Morgan fingerprint density at radius 3 is 2.82 bits per heavy atom. The summed E-state index contributed by atoms with van der Waals surface area (Å²) in [5.41, 5.74) is -1.50. The van der Waals surface area contributed by atoms with Crippen molar-refractivity contribution in [3.63, 3.8) is 0 Å². The molecule has 0 spiro atoms. The average molecular weight is 157 g/mol. The summed E-state index contributed by atoms with van der Waals surface area (Å²) in [6.07, 6.45) is 1.84. The number of hydrogen-bond acceptors (Lipinski definition) is 3. The SMILES string of the molecule is [2H]C([2H])([2H])c1cncc(B(O)O)c1C([2H])([2H])[2H]. The van der Waals surface area contributed by atoms with Gasteiger partial charge in [0.15, 0.2) is 0 Å². The van der Waals surface area contributed by atoms with Crippen LogP contribution in [0.4, 0.5) is 0 Å². The summed E-state index contributed by atoms with van der Waals surface area (Å²) in [6.45, 7) is -5.44. The zero-order chi connectivity index (χ0) is 13.4. The lowest BCUT2D eigenvalue weighted by atomic mass is 9.78. The van der Waals surface area contributed by atoms with Crippen molar-refractivity contribution in [2.24, 2.45) is 0 Å². The van der Waals surface area contributed by atoms with Crippen LogP contribution in [0.25, 0.3) is 0 Å². The molecule has 0 saturated carbocycles. The Bertz CT molecular complexity index is 416. The molecule has 1 aromatic rings. The molecule has 0 aliphatic carbocycles. The lowest BCUT2D eigenvalue weighted by Crippen LogP contribution is -2.32. The van der Waals surface area contributed by atoms with Gasteiger partial charge in [-0.15, -0.1) is 0 Å². The maximum Gasteiger partial charge on any atom is 0.490 e. The van der Waals surface area contributed by atoms with Crippen LogP contribution in [0.3, 0.4) is 0 Å². The molecule has 0 aliphatic heterocycles. The third kappa shape index (κ3) is 1.58. The Balaban J connectivity index is 3.58. The predicted octanol–water partition coefficient (Wildman–Crippen LogP) is -0.622. The molecule has 58 valence electrons. The fraction of sp³-hybridized carbons (Fsp3) is 0.286. The highest BCUT2D eigenvalue weighted by molar-refractivity contribution is 6.59. The van der Waals surface area contributed by atoms with Crippen molar-refractivity contribution in [1.82, 2.24) is 4.98 Å². The maximum atomic E-state index is 9.04. The highest BCUT2D eigenvalue weighted by Gasteiger charge is 2.14. The third-order valence-corrected chi connectivity index (χ3v) is 1.25. The highest BCUT2D eigenvalue weighted by atomic mass is 16.4. The van der Waals surface area contributed by atoms with E-state index >= 15 is 0 Å². The van der Waals surface area contributed by atoms with Crippen molar-refractivity contribution < 1.29 is 18.3 Å². The Morgan fingerprint density at radius 1 is 1.45 bits per heavy atom. The van der Waals surface area contributed by atoms with Crippen LogP contribution in [0.15, 0.2) is 12.4 Å². The molecular formula is C7H10BNO2. The molecule has 0 atom stereocenters. The first-order valence-electron chi connectivity index (χ1n) is 5.90. The standard InChI is InChI=1S/C7H10BNO2/c1-5-3-9-4-7(6(5)2)8(10)11/h3-4,10-11H,1-2H3/i1D3,2D3. The molecule has 0 amide bonds. The van der Waals surface area contributed by atoms with Crippen molar-refractivity contribution in [1.29, 1.82) is 0 Å². The van der Waals surface area contributed by atoms with Crippen molar-refractivity contribution >= 4 is 12.6 Å². The van der Waals surface area contributed by atoms with E-state index in [0.717, 1.165) is 12.4 Å².